The number of hydrogen-bond acceptors (Lipinski definition) is 2. The fourth-order valence-corrected chi connectivity index (χ4v) is 2.76. The Balaban J connectivity index is 1.94. The Morgan fingerprint density at radius 3 is 2.38 bits per heavy atom. The molecular formula is C17H13F4N3O2. The third kappa shape index (κ3) is 3.07. The largest absolute Gasteiger partial charge is 0.417 e. The topological polar surface area (TPSA) is 70.2 Å². The van der Waals surface area contributed by atoms with Crippen molar-refractivity contribution in [2.75, 3.05) is 11.9 Å². The number of fused-ring (bicyclic) bond motifs is 1. The monoisotopic (exact) mass is 367 g/mol. The Morgan fingerprint density at radius 2 is 1.73 bits per heavy atom. The van der Waals surface area contributed by atoms with E-state index in [1.165, 1.54) is 24.3 Å². The highest BCUT2D eigenvalue weighted by Gasteiger charge is 2.59. The maximum absolute atomic E-state index is 13.9. The zero-order chi connectivity index (χ0) is 18.9. The van der Waals surface area contributed by atoms with Gasteiger partial charge in [0.05, 0.1) is 6.54 Å². The first-order chi connectivity index (χ1) is 12.2. The second-order valence-corrected chi connectivity index (χ2v) is 5.72. The SMILES string of the molecule is O=C1Nc2ccccc2C(CNC(=O)c2ccc(F)cc2)(C(F)(F)F)N1. The molecule has 1 heterocycles. The van der Waals surface area contributed by atoms with Gasteiger partial charge in [0.2, 0.25) is 0 Å². The third-order valence-electron chi connectivity index (χ3n) is 4.07. The van der Waals surface area contributed by atoms with Crippen molar-refractivity contribution in [1.29, 1.82) is 0 Å². The molecule has 0 radical (unpaired) electrons. The molecule has 1 unspecified atom stereocenters. The van der Waals surface area contributed by atoms with Crippen molar-refractivity contribution in [3.8, 4) is 0 Å². The lowest BCUT2D eigenvalue weighted by Crippen LogP contribution is -2.64. The van der Waals surface area contributed by atoms with Crippen molar-refractivity contribution in [1.82, 2.24) is 10.6 Å². The molecule has 0 aromatic heterocycles. The number of benzene rings is 2. The number of carbonyl (C=O) groups excluding carboxylic acids is 2. The summed E-state index contributed by atoms with van der Waals surface area (Å²) in [7, 11) is 0. The molecule has 0 saturated heterocycles. The number of rotatable bonds is 3. The third-order valence-corrected chi connectivity index (χ3v) is 4.07. The number of alkyl halides is 3. The van der Waals surface area contributed by atoms with Crippen LogP contribution in [0.25, 0.3) is 0 Å². The number of hydrogen-bond donors (Lipinski definition) is 3. The Morgan fingerprint density at radius 1 is 1.08 bits per heavy atom. The molecule has 0 aliphatic carbocycles. The molecule has 9 heteroatoms. The lowest BCUT2D eigenvalue weighted by molar-refractivity contribution is -0.195. The Bertz CT molecular complexity index is 852. The number of halogens is 4. The van der Waals surface area contributed by atoms with Crippen molar-refractivity contribution in [3.05, 3.63) is 65.5 Å². The van der Waals surface area contributed by atoms with Gasteiger partial charge in [0.1, 0.15) is 5.82 Å². The lowest BCUT2D eigenvalue weighted by Gasteiger charge is -2.41. The summed E-state index contributed by atoms with van der Waals surface area (Å²) < 4.78 is 54.7. The highest BCUT2D eigenvalue weighted by molar-refractivity contribution is 5.95. The second-order valence-electron chi connectivity index (χ2n) is 5.72. The summed E-state index contributed by atoms with van der Waals surface area (Å²) in [6, 6.07) is 8.78. The summed E-state index contributed by atoms with van der Waals surface area (Å²) in [5.41, 5.74) is -3.00. The standard InChI is InChI=1S/C17H13F4N3O2/c18-11-7-5-10(6-8-11)14(25)22-9-16(17(19,20)21)12-3-1-2-4-13(12)23-15(26)24-16/h1-8H,9H2,(H,22,25)(H2,23,24,26). The Kier molecular flexibility index (Phi) is 4.31. The zero-order valence-corrected chi connectivity index (χ0v) is 13.2. The van der Waals surface area contributed by atoms with Gasteiger partial charge in [0.15, 0.2) is 5.54 Å². The van der Waals surface area contributed by atoms with Gasteiger partial charge in [-0.15, -0.1) is 0 Å². The molecule has 0 bridgehead atoms. The lowest BCUT2D eigenvalue weighted by atomic mass is 9.86. The smallest absolute Gasteiger partial charge is 0.349 e. The van der Waals surface area contributed by atoms with Gasteiger partial charge in [-0.2, -0.15) is 13.2 Å². The van der Waals surface area contributed by atoms with Gasteiger partial charge < -0.3 is 16.0 Å². The number of carbonyl (C=O) groups is 2. The quantitative estimate of drug-likeness (QED) is 0.730. The fraction of sp³-hybridized carbons (Fsp3) is 0.176. The van der Waals surface area contributed by atoms with Crippen LogP contribution in [0.4, 0.5) is 28.0 Å². The summed E-state index contributed by atoms with van der Waals surface area (Å²) in [5.74, 6) is -1.40. The first-order valence-electron chi connectivity index (χ1n) is 7.52. The van der Waals surface area contributed by atoms with E-state index in [-0.39, 0.29) is 16.8 Å². The number of para-hydroxylation sites is 1. The van der Waals surface area contributed by atoms with Gasteiger partial charge in [-0.05, 0) is 30.3 Å². The van der Waals surface area contributed by atoms with E-state index in [0.717, 1.165) is 24.3 Å². The van der Waals surface area contributed by atoms with Gasteiger partial charge in [-0.25, -0.2) is 9.18 Å². The first kappa shape index (κ1) is 17.7. The van der Waals surface area contributed by atoms with Crippen LogP contribution in [0.15, 0.2) is 48.5 Å². The minimum absolute atomic E-state index is 0.00253. The van der Waals surface area contributed by atoms with Gasteiger partial charge in [0, 0.05) is 16.8 Å². The highest BCUT2D eigenvalue weighted by atomic mass is 19.4. The summed E-state index contributed by atoms with van der Waals surface area (Å²) in [6.45, 7) is -0.920. The number of anilines is 1. The van der Waals surface area contributed by atoms with Crippen LogP contribution in [-0.2, 0) is 5.54 Å². The molecule has 1 aliphatic rings. The van der Waals surface area contributed by atoms with Gasteiger partial charge in [-0.3, -0.25) is 4.79 Å². The van der Waals surface area contributed by atoms with E-state index in [4.69, 9.17) is 0 Å². The predicted molar refractivity (Wildman–Crippen MR) is 85.1 cm³/mol. The molecule has 3 amide bonds. The van der Waals surface area contributed by atoms with E-state index in [0.29, 0.717) is 0 Å². The first-order valence-corrected chi connectivity index (χ1v) is 7.52. The molecule has 3 N–H and O–H groups in total. The molecule has 1 aliphatic heterocycles. The van der Waals surface area contributed by atoms with Crippen LogP contribution in [0.2, 0.25) is 0 Å². The molecule has 136 valence electrons. The maximum Gasteiger partial charge on any atom is 0.417 e. The second kappa shape index (κ2) is 6.32. The van der Waals surface area contributed by atoms with Crippen LogP contribution in [0, 0.1) is 5.82 Å². The van der Waals surface area contributed by atoms with Crippen LogP contribution in [0.1, 0.15) is 15.9 Å². The van der Waals surface area contributed by atoms with E-state index in [9.17, 15) is 27.2 Å². The molecule has 0 saturated carbocycles. The minimum atomic E-state index is -4.88. The average molecular weight is 367 g/mol. The van der Waals surface area contributed by atoms with Crippen molar-refractivity contribution in [2.45, 2.75) is 11.7 Å². The molecule has 26 heavy (non-hydrogen) atoms. The Labute approximate surface area is 145 Å². The zero-order valence-electron chi connectivity index (χ0n) is 13.2. The van der Waals surface area contributed by atoms with Crippen LogP contribution in [0.5, 0.6) is 0 Å². The summed E-state index contributed by atoms with van der Waals surface area (Å²) in [4.78, 5) is 23.9. The molecule has 0 fully saturated rings. The van der Waals surface area contributed by atoms with Crippen LogP contribution >= 0.6 is 0 Å². The number of amides is 3. The van der Waals surface area contributed by atoms with Crippen molar-refractivity contribution in [2.24, 2.45) is 0 Å². The van der Waals surface area contributed by atoms with E-state index < -0.39 is 36.0 Å². The Hall–Kier alpha value is -3.10. The molecule has 1 atom stereocenters. The van der Waals surface area contributed by atoms with Gasteiger partial charge in [0.25, 0.3) is 5.91 Å². The summed E-state index contributed by atoms with van der Waals surface area (Å²) >= 11 is 0. The number of urea groups is 1. The highest BCUT2D eigenvalue weighted by Crippen LogP contribution is 2.43. The molecular weight excluding hydrogens is 354 g/mol. The van der Waals surface area contributed by atoms with Crippen molar-refractivity contribution in [3.63, 3.8) is 0 Å². The normalized spacial score (nSPS) is 19.2. The molecule has 2 aromatic rings. The van der Waals surface area contributed by atoms with Crippen LogP contribution in [0.3, 0.4) is 0 Å². The van der Waals surface area contributed by atoms with Gasteiger partial charge in [-0.1, -0.05) is 18.2 Å². The molecule has 5 nitrogen and oxygen atoms in total. The van der Waals surface area contributed by atoms with E-state index >= 15 is 0 Å². The van der Waals surface area contributed by atoms with E-state index in [1.54, 1.807) is 0 Å². The number of nitrogens with one attached hydrogen (secondary N) is 3. The summed E-state index contributed by atoms with van der Waals surface area (Å²) in [6.07, 6.45) is -4.88. The van der Waals surface area contributed by atoms with E-state index in [1.807, 2.05) is 5.32 Å². The van der Waals surface area contributed by atoms with E-state index in [2.05, 4.69) is 10.6 Å². The van der Waals surface area contributed by atoms with Crippen LogP contribution in [-0.4, -0.2) is 24.7 Å². The average Bonchev–Trinajstić information content (AvgIpc) is 2.58. The summed E-state index contributed by atoms with van der Waals surface area (Å²) in [5, 5.41) is 6.37. The fourth-order valence-electron chi connectivity index (χ4n) is 2.76. The van der Waals surface area contributed by atoms with Crippen LogP contribution < -0.4 is 16.0 Å². The van der Waals surface area contributed by atoms with Crippen molar-refractivity contribution < 1.29 is 27.2 Å². The maximum atomic E-state index is 13.9. The molecule has 0 spiro atoms. The molecule has 3 rings (SSSR count). The minimum Gasteiger partial charge on any atom is -0.349 e. The predicted octanol–water partition coefficient (Wildman–Crippen LogP) is 3.15. The van der Waals surface area contributed by atoms with Gasteiger partial charge >= 0.3 is 12.2 Å². The van der Waals surface area contributed by atoms with Crippen molar-refractivity contribution >= 4 is 17.6 Å². The molecule has 2 aromatic carbocycles.